The van der Waals surface area contributed by atoms with Crippen LogP contribution < -0.4 is 4.72 Å². The number of unbranched alkanes of at least 4 members (excludes halogenated alkanes) is 13. The zero-order valence-corrected chi connectivity index (χ0v) is 17.7. The second-order valence-electron chi connectivity index (χ2n) is 7.47. The van der Waals surface area contributed by atoms with Crippen LogP contribution in [0, 0.1) is 0 Å². The van der Waals surface area contributed by atoms with E-state index in [0.29, 0.717) is 12.3 Å². The molecule has 0 spiro atoms. The smallest absolute Gasteiger partial charge is 0.231 e. The third-order valence-electron chi connectivity index (χ3n) is 5.09. The summed E-state index contributed by atoms with van der Waals surface area (Å²) in [5.41, 5.74) is 1.08. The fourth-order valence-electron chi connectivity index (χ4n) is 3.44. The van der Waals surface area contributed by atoms with Gasteiger partial charge in [-0.15, -0.1) is 0 Å². The number of hydrogen-bond donors (Lipinski definition) is 3. The first kappa shape index (κ1) is 24.1. The Balaban J connectivity index is 1.74. The van der Waals surface area contributed by atoms with Crippen molar-refractivity contribution in [3.63, 3.8) is 0 Å². The van der Waals surface area contributed by atoms with Gasteiger partial charge in [0.1, 0.15) is 5.75 Å². The number of phenols is 1. The Morgan fingerprint density at radius 1 is 0.704 bits per heavy atom. The number of phenolic OH excluding ortho intramolecular Hbond substituents is 1. The van der Waals surface area contributed by atoms with Crippen LogP contribution in [0.4, 0.5) is 0 Å². The van der Waals surface area contributed by atoms with E-state index in [2.05, 4.69) is 4.72 Å². The molecule has 0 amide bonds. The molecule has 5 heteroatoms. The van der Waals surface area contributed by atoms with E-state index in [1.54, 1.807) is 6.07 Å². The van der Waals surface area contributed by atoms with Crippen molar-refractivity contribution < 1.29 is 13.9 Å². The molecule has 0 saturated carbocycles. The summed E-state index contributed by atoms with van der Waals surface area (Å²) in [5.74, 6) is 0.439. The van der Waals surface area contributed by atoms with E-state index in [4.69, 9.17) is 4.55 Å². The number of rotatable bonds is 18. The van der Waals surface area contributed by atoms with E-state index in [-0.39, 0.29) is 0 Å². The molecule has 27 heavy (non-hydrogen) atoms. The topological polar surface area (TPSA) is 69.6 Å². The predicted molar refractivity (Wildman–Crippen MR) is 115 cm³/mol. The van der Waals surface area contributed by atoms with E-state index < -0.39 is 11.3 Å². The molecule has 1 aromatic carbocycles. The van der Waals surface area contributed by atoms with Crippen molar-refractivity contribution in [2.75, 3.05) is 6.54 Å². The molecule has 4 nitrogen and oxygen atoms in total. The minimum atomic E-state index is -1.85. The SMILES string of the molecule is O=S(O)NCCCCCCCCCCCCCCCCc1ccccc1O. The van der Waals surface area contributed by atoms with Gasteiger partial charge < -0.3 is 5.11 Å². The number of para-hydroxylation sites is 1. The van der Waals surface area contributed by atoms with Gasteiger partial charge >= 0.3 is 0 Å². The number of aryl methyl sites for hydroxylation is 1. The minimum Gasteiger partial charge on any atom is -0.508 e. The van der Waals surface area contributed by atoms with Gasteiger partial charge in [-0.05, 0) is 30.9 Å². The van der Waals surface area contributed by atoms with Crippen molar-refractivity contribution >= 4 is 11.3 Å². The van der Waals surface area contributed by atoms with E-state index in [1.807, 2.05) is 18.2 Å². The zero-order valence-electron chi connectivity index (χ0n) is 16.8. The molecule has 3 N–H and O–H groups in total. The highest BCUT2D eigenvalue weighted by Crippen LogP contribution is 2.19. The van der Waals surface area contributed by atoms with Gasteiger partial charge in [0.25, 0.3) is 0 Å². The fourth-order valence-corrected chi connectivity index (χ4v) is 3.76. The maximum absolute atomic E-state index is 10.4. The average molecular weight is 398 g/mol. The number of benzene rings is 1. The lowest BCUT2D eigenvalue weighted by molar-refractivity contribution is 0.465. The minimum absolute atomic E-state index is 0.439. The van der Waals surface area contributed by atoms with E-state index >= 15 is 0 Å². The van der Waals surface area contributed by atoms with Crippen molar-refractivity contribution in [2.24, 2.45) is 0 Å². The van der Waals surface area contributed by atoms with E-state index in [0.717, 1.165) is 24.8 Å². The Bertz CT molecular complexity index is 496. The van der Waals surface area contributed by atoms with Crippen molar-refractivity contribution in [3.8, 4) is 5.75 Å². The van der Waals surface area contributed by atoms with E-state index in [9.17, 15) is 9.32 Å². The standard InChI is InChI=1S/C22H39NO3S/c24-22-19-15-14-18-21(22)17-13-11-9-7-5-3-1-2-4-6-8-10-12-16-20-23-27(25)26/h14-15,18-19,23-24H,1-13,16-17,20H2,(H,25,26). The van der Waals surface area contributed by atoms with Gasteiger partial charge in [0.15, 0.2) is 0 Å². The summed E-state index contributed by atoms with van der Waals surface area (Å²) in [7, 11) is 0. The molecule has 0 heterocycles. The first-order valence-corrected chi connectivity index (χ1v) is 11.9. The third kappa shape index (κ3) is 14.8. The van der Waals surface area contributed by atoms with Gasteiger partial charge in [-0.3, -0.25) is 4.55 Å². The highest BCUT2D eigenvalue weighted by molar-refractivity contribution is 7.77. The van der Waals surface area contributed by atoms with Crippen LogP contribution >= 0.6 is 0 Å². The molecule has 0 aromatic heterocycles. The number of hydrogen-bond acceptors (Lipinski definition) is 2. The molecule has 1 aromatic rings. The summed E-state index contributed by atoms with van der Waals surface area (Å²) in [5, 5.41) is 9.73. The van der Waals surface area contributed by atoms with Crippen LogP contribution in [-0.4, -0.2) is 20.4 Å². The first-order valence-electron chi connectivity index (χ1n) is 10.8. The Labute approximate surface area is 168 Å². The van der Waals surface area contributed by atoms with Crippen LogP contribution in [0.15, 0.2) is 24.3 Å². The summed E-state index contributed by atoms with van der Waals surface area (Å²) >= 11 is -1.85. The maximum atomic E-state index is 10.4. The molecule has 0 aliphatic heterocycles. The summed E-state index contributed by atoms with van der Waals surface area (Å²) in [6.07, 6.45) is 18.9. The summed E-state index contributed by atoms with van der Waals surface area (Å²) in [4.78, 5) is 0. The second-order valence-corrected chi connectivity index (χ2v) is 8.26. The largest absolute Gasteiger partial charge is 0.508 e. The van der Waals surface area contributed by atoms with Crippen molar-refractivity contribution in [1.82, 2.24) is 4.72 Å². The van der Waals surface area contributed by atoms with Crippen molar-refractivity contribution in [3.05, 3.63) is 29.8 Å². The molecule has 0 bridgehead atoms. The molecule has 1 atom stereocenters. The highest BCUT2D eigenvalue weighted by Gasteiger charge is 1.99. The summed E-state index contributed by atoms with van der Waals surface area (Å²) < 4.78 is 21.5. The number of nitrogens with one attached hydrogen (secondary N) is 1. The van der Waals surface area contributed by atoms with Gasteiger partial charge in [-0.1, -0.05) is 95.2 Å². The summed E-state index contributed by atoms with van der Waals surface area (Å²) in [6.45, 7) is 0.637. The normalized spacial score (nSPS) is 12.3. The van der Waals surface area contributed by atoms with Crippen LogP contribution in [0.1, 0.15) is 95.5 Å². The third-order valence-corrected chi connectivity index (χ3v) is 5.54. The highest BCUT2D eigenvalue weighted by atomic mass is 32.2. The lowest BCUT2D eigenvalue weighted by atomic mass is 10.0. The van der Waals surface area contributed by atoms with Crippen LogP contribution in [-0.2, 0) is 17.7 Å². The van der Waals surface area contributed by atoms with Gasteiger partial charge in [0, 0.05) is 6.54 Å². The molecule has 0 aliphatic rings. The van der Waals surface area contributed by atoms with Crippen LogP contribution in [0.5, 0.6) is 5.75 Å². The molecular weight excluding hydrogens is 358 g/mol. The van der Waals surface area contributed by atoms with Crippen molar-refractivity contribution in [2.45, 2.75) is 96.3 Å². The molecule has 156 valence electrons. The first-order chi connectivity index (χ1) is 13.2. The van der Waals surface area contributed by atoms with E-state index in [1.165, 1.54) is 77.0 Å². The average Bonchev–Trinajstić information content (AvgIpc) is 2.65. The number of aromatic hydroxyl groups is 1. The Hall–Kier alpha value is -0.910. The second kappa shape index (κ2) is 17.2. The molecule has 1 unspecified atom stereocenters. The van der Waals surface area contributed by atoms with Crippen LogP contribution in [0.2, 0.25) is 0 Å². The van der Waals surface area contributed by atoms with Gasteiger partial charge in [-0.25, -0.2) is 8.93 Å². The van der Waals surface area contributed by atoms with Crippen molar-refractivity contribution in [1.29, 1.82) is 0 Å². The quantitative estimate of drug-likeness (QED) is 0.206. The summed E-state index contributed by atoms with van der Waals surface area (Å²) in [6, 6.07) is 7.67. The maximum Gasteiger partial charge on any atom is 0.231 e. The molecule has 0 fully saturated rings. The van der Waals surface area contributed by atoms with Gasteiger partial charge in [-0.2, -0.15) is 0 Å². The van der Waals surface area contributed by atoms with Gasteiger partial charge in [0.2, 0.25) is 11.3 Å². The Kier molecular flexibility index (Phi) is 15.4. The lowest BCUT2D eigenvalue weighted by Crippen LogP contribution is -2.17. The Morgan fingerprint density at radius 2 is 1.15 bits per heavy atom. The molecule has 0 aliphatic carbocycles. The fraction of sp³-hybridized carbons (Fsp3) is 0.727. The van der Waals surface area contributed by atoms with Crippen LogP contribution in [0.3, 0.4) is 0 Å². The zero-order chi connectivity index (χ0) is 19.6. The Morgan fingerprint density at radius 3 is 1.63 bits per heavy atom. The monoisotopic (exact) mass is 397 g/mol. The lowest BCUT2D eigenvalue weighted by Gasteiger charge is -2.05. The molecule has 0 radical (unpaired) electrons. The predicted octanol–water partition coefficient (Wildman–Crippen LogP) is 6.12. The molecular formula is C22H39NO3S. The molecule has 1 rings (SSSR count). The van der Waals surface area contributed by atoms with Crippen LogP contribution in [0.25, 0.3) is 0 Å². The molecule has 0 saturated heterocycles. The van der Waals surface area contributed by atoms with Gasteiger partial charge in [0.05, 0.1) is 0 Å².